The third-order valence-corrected chi connectivity index (χ3v) is 9.01. The predicted octanol–water partition coefficient (Wildman–Crippen LogP) is 7.79. The Morgan fingerprint density at radius 1 is 0.642 bits per heavy atom. The number of aromatic nitrogens is 2. The summed E-state index contributed by atoms with van der Waals surface area (Å²) < 4.78 is 69.9. The molecule has 1 heterocycles. The number of nitro groups is 1. The summed E-state index contributed by atoms with van der Waals surface area (Å²) in [5, 5.41) is 70.0. The Bertz CT molecular complexity index is 2740. The van der Waals surface area contributed by atoms with Gasteiger partial charge in [0, 0.05) is 12.1 Å². The fourth-order valence-electron chi connectivity index (χ4n) is 4.77. The standard InChI is InChI=1S/C31H21N9O11S2/c41-29-23(12-6-17-14-26(53(49,50)51)28(30(42)27(17)29)38-33-18-7-10-21(11-8-18)40(44)45)36-35-22-13-9-19(15-25(22)52(46,47)48)34-37-24-16-32-39(31(24)43)20-4-2-1-3-5-20/h1-16,41-43H,(H,46,47,48)(H,49,50,51)/b36-35+,37-34+,38-33+. The summed E-state index contributed by atoms with van der Waals surface area (Å²) in [7, 11) is -9.99. The number of hydrogen-bond donors (Lipinski definition) is 5. The quantitative estimate of drug-likeness (QED) is 0.0387. The number of nitrogens with zero attached hydrogens (tertiary/aromatic N) is 9. The zero-order valence-electron chi connectivity index (χ0n) is 26.3. The van der Waals surface area contributed by atoms with Gasteiger partial charge in [-0.25, -0.2) is 0 Å². The average molecular weight is 760 g/mol. The number of aromatic hydroxyl groups is 3. The molecule has 0 spiro atoms. The molecule has 0 aliphatic heterocycles. The Kier molecular flexibility index (Phi) is 9.43. The normalized spacial score (nSPS) is 12.4. The topological polar surface area (TPSA) is 305 Å². The second-order valence-electron chi connectivity index (χ2n) is 10.7. The Labute approximate surface area is 297 Å². The van der Waals surface area contributed by atoms with Crippen LogP contribution in [0.4, 0.5) is 39.8 Å². The van der Waals surface area contributed by atoms with E-state index in [1.165, 1.54) is 35.1 Å². The third kappa shape index (κ3) is 7.54. The Balaban J connectivity index is 1.34. The number of hydrogen-bond acceptors (Lipinski definition) is 16. The molecule has 0 aliphatic carbocycles. The van der Waals surface area contributed by atoms with Gasteiger partial charge in [-0.05, 0) is 60.0 Å². The van der Waals surface area contributed by atoms with Gasteiger partial charge >= 0.3 is 0 Å². The Hall–Kier alpha value is -7.01. The van der Waals surface area contributed by atoms with Gasteiger partial charge in [-0.1, -0.05) is 24.3 Å². The van der Waals surface area contributed by atoms with Crippen molar-refractivity contribution in [3.8, 4) is 23.1 Å². The van der Waals surface area contributed by atoms with E-state index < -0.39 is 63.2 Å². The van der Waals surface area contributed by atoms with E-state index in [0.29, 0.717) is 5.69 Å². The van der Waals surface area contributed by atoms with Gasteiger partial charge < -0.3 is 15.3 Å². The van der Waals surface area contributed by atoms with Gasteiger partial charge in [-0.2, -0.15) is 36.8 Å². The van der Waals surface area contributed by atoms with Crippen molar-refractivity contribution >= 4 is 70.8 Å². The van der Waals surface area contributed by atoms with Crippen molar-refractivity contribution in [1.29, 1.82) is 0 Å². The predicted molar refractivity (Wildman–Crippen MR) is 184 cm³/mol. The molecule has 6 rings (SSSR count). The molecule has 0 unspecified atom stereocenters. The van der Waals surface area contributed by atoms with Crippen LogP contribution in [-0.4, -0.2) is 56.0 Å². The van der Waals surface area contributed by atoms with Gasteiger partial charge in [-0.15, -0.1) is 20.5 Å². The smallest absolute Gasteiger partial charge is 0.296 e. The fraction of sp³-hybridized carbons (Fsp3) is 0. The Morgan fingerprint density at radius 3 is 1.91 bits per heavy atom. The maximum atomic E-state index is 12.3. The maximum absolute atomic E-state index is 12.3. The first-order valence-corrected chi connectivity index (χ1v) is 17.4. The lowest BCUT2D eigenvalue weighted by atomic mass is 10.1. The number of azo groups is 3. The monoisotopic (exact) mass is 759 g/mol. The van der Waals surface area contributed by atoms with Crippen LogP contribution in [-0.2, 0) is 20.2 Å². The number of non-ortho nitro benzene ring substituents is 1. The highest BCUT2D eigenvalue weighted by Crippen LogP contribution is 2.48. The van der Waals surface area contributed by atoms with Crippen molar-refractivity contribution in [3.63, 3.8) is 0 Å². The van der Waals surface area contributed by atoms with Crippen LogP contribution in [0, 0.1) is 10.1 Å². The van der Waals surface area contributed by atoms with E-state index >= 15 is 0 Å². The van der Waals surface area contributed by atoms with Gasteiger partial charge in [0.05, 0.1) is 33.6 Å². The van der Waals surface area contributed by atoms with Crippen LogP contribution < -0.4 is 0 Å². The number of phenols is 2. The summed E-state index contributed by atoms with van der Waals surface area (Å²) in [6.45, 7) is 0. The minimum Gasteiger partial charge on any atom is -0.505 e. The lowest BCUT2D eigenvalue weighted by Crippen LogP contribution is -1.99. The highest BCUT2D eigenvalue weighted by molar-refractivity contribution is 7.86. The molecule has 0 amide bonds. The molecule has 5 aromatic carbocycles. The highest BCUT2D eigenvalue weighted by Gasteiger charge is 2.25. The highest BCUT2D eigenvalue weighted by atomic mass is 32.2. The van der Waals surface area contributed by atoms with E-state index in [0.717, 1.165) is 36.4 Å². The Morgan fingerprint density at radius 2 is 1.25 bits per heavy atom. The van der Waals surface area contributed by atoms with E-state index in [-0.39, 0.29) is 39.7 Å². The molecule has 20 nitrogen and oxygen atoms in total. The van der Waals surface area contributed by atoms with Crippen LogP contribution in [0.5, 0.6) is 17.4 Å². The van der Waals surface area contributed by atoms with Crippen molar-refractivity contribution in [1.82, 2.24) is 9.78 Å². The van der Waals surface area contributed by atoms with E-state index in [1.807, 2.05) is 0 Å². The summed E-state index contributed by atoms with van der Waals surface area (Å²) in [5.41, 5.74) is -1.47. The molecule has 268 valence electrons. The maximum Gasteiger partial charge on any atom is 0.296 e. The molecule has 0 aliphatic rings. The summed E-state index contributed by atoms with van der Waals surface area (Å²) in [6.07, 6.45) is 1.22. The number of rotatable bonds is 10. The van der Waals surface area contributed by atoms with Gasteiger partial charge in [0.15, 0.2) is 17.2 Å². The molecule has 0 saturated carbocycles. The van der Waals surface area contributed by atoms with Crippen LogP contribution in [0.1, 0.15) is 0 Å². The largest absolute Gasteiger partial charge is 0.505 e. The summed E-state index contributed by atoms with van der Waals surface area (Å²) in [5.74, 6) is -2.10. The van der Waals surface area contributed by atoms with Gasteiger partial charge in [0.25, 0.3) is 25.9 Å². The molecule has 6 aromatic rings. The second kappa shape index (κ2) is 14.0. The first-order valence-electron chi connectivity index (χ1n) is 14.5. The van der Waals surface area contributed by atoms with Crippen molar-refractivity contribution in [2.75, 3.05) is 0 Å². The number of phenolic OH excluding ortho intramolecular Hbond substituents is 2. The summed E-state index contributed by atoms with van der Waals surface area (Å²) in [4.78, 5) is 8.60. The number of nitro benzene ring substituents is 1. The lowest BCUT2D eigenvalue weighted by Gasteiger charge is -2.11. The lowest BCUT2D eigenvalue weighted by molar-refractivity contribution is -0.384. The number of para-hydroxylation sites is 1. The van der Waals surface area contributed by atoms with E-state index in [4.69, 9.17) is 0 Å². The van der Waals surface area contributed by atoms with Crippen LogP contribution in [0.2, 0.25) is 0 Å². The summed E-state index contributed by atoms with van der Waals surface area (Å²) >= 11 is 0. The average Bonchev–Trinajstić information content (AvgIpc) is 3.49. The molecular formula is C31H21N9O11S2. The molecule has 0 saturated heterocycles. The first kappa shape index (κ1) is 35.8. The van der Waals surface area contributed by atoms with Gasteiger partial charge in [-0.3, -0.25) is 19.2 Å². The SMILES string of the molecule is O=[N+]([O-])c1ccc(/N=N/c2c(S(=O)(=O)O)cc3ccc(/N=N/c4ccc(/N=N/c5cnn(-c6ccccc6)c5O)cc4S(=O)(=O)O)c(O)c3c2O)cc1. The van der Waals surface area contributed by atoms with Crippen molar-refractivity contribution in [2.24, 2.45) is 30.7 Å². The zero-order chi connectivity index (χ0) is 38.1. The zero-order valence-corrected chi connectivity index (χ0v) is 27.9. The molecular weight excluding hydrogens is 739 g/mol. The molecule has 0 radical (unpaired) electrons. The minimum atomic E-state index is -5.03. The second-order valence-corrected chi connectivity index (χ2v) is 13.5. The van der Waals surface area contributed by atoms with Crippen LogP contribution >= 0.6 is 0 Å². The van der Waals surface area contributed by atoms with Gasteiger partial charge in [0.1, 0.15) is 26.9 Å². The van der Waals surface area contributed by atoms with Crippen molar-refractivity contribution in [2.45, 2.75) is 9.79 Å². The van der Waals surface area contributed by atoms with Crippen LogP contribution in [0.3, 0.4) is 0 Å². The molecule has 0 bridgehead atoms. The minimum absolute atomic E-state index is 0.00241. The fourth-order valence-corrected chi connectivity index (χ4v) is 6.07. The van der Waals surface area contributed by atoms with E-state index in [2.05, 4.69) is 35.8 Å². The van der Waals surface area contributed by atoms with Gasteiger partial charge in [0.2, 0.25) is 5.88 Å². The van der Waals surface area contributed by atoms with E-state index in [1.54, 1.807) is 30.3 Å². The summed E-state index contributed by atoms with van der Waals surface area (Å²) in [6, 6.07) is 19.7. The number of fused-ring (bicyclic) bond motifs is 1. The van der Waals surface area contributed by atoms with E-state index in [9.17, 15) is 51.4 Å². The molecule has 0 fully saturated rings. The molecule has 22 heteroatoms. The number of benzene rings is 5. The van der Waals surface area contributed by atoms with Crippen molar-refractivity contribution in [3.05, 3.63) is 107 Å². The molecule has 5 N–H and O–H groups in total. The molecule has 53 heavy (non-hydrogen) atoms. The van der Waals surface area contributed by atoms with Crippen molar-refractivity contribution < 1.29 is 46.2 Å². The third-order valence-electron chi connectivity index (χ3n) is 7.26. The van der Waals surface area contributed by atoms with Crippen LogP contribution in [0.25, 0.3) is 16.5 Å². The van der Waals surface area contributed by atoms with Crippen LogP contribution in [0.15, 0.2) is 138 Å². The molecule has 1 aromatic heterocycles. The first-order chi connectivity index (χ1) is 25.1. The molecule has 0 atom stereocenters.